The topological polar surface area (TPSA) is 124 Å². The molecule has 5 rings (SSSR count). The normalized spacial score (nSPS) is 16.6. The standard InChI is InChI=1S/C28H28Cl2N4O6S/c1-28(2,3)26(27(35)36)34(41(37,38)22-14-18(29)13-19(30)15-22)20-4-5-23-17(12-20)8-10-33(23)24-6-7-25(32-31-24)40-21-9-11-39-16-21/h4-8,10,12-15,21,26H,9,11,16H2,1-3H3,(H,35,36)/t21-,26?/m1/s1. The van der Waals surface area contributed by atoms with E-state index in [0.29, 0.717) is 35.8 Å². The third-order valence-electron chi connectivity index (χ3n) is 6.66. The number of rotatable bonds is 8. The van der Waals surface area contributed by atoms with Crippen LogP contribution in [0.4, 0.5) is 5.69 Å². The highest BCUT2D eigenvalue weighted by molar-refractivity contribution is 7.93. The second kappa shape index (κ2) is 11.1. The smallest absolute Gasteiger partial charge is 0.328 e. The minimum absolute atomic E-state index is 0.0501. The van der Waals surface area contributed by atoms with Gasteiger partial charge in [-0.25, -0.2) is 13.2 Å². The molecule has 0 bridgehead atoms. The van der Waals surface area contributed by atoms with Crippen LogP contribution in [0.15, 0.2) is 65.7 Å². The molecule has 0 amide bonds. The molecule has 4 aromatic rings. The summed E-state index contributed by atoms with van der Waals surface area (Å²) >= 11 is 12.2. The molecule has 0 aliphatic carbocycles. The van der Waals surface area contributed by atoms with Gasteiger partial charge in [-0.1, -0.05) is 44.0 Å². The van der Waals surface area contributed by atoms with E-state index in [0.717, 1.165) is 10.7 Å². The van der Waals surface area contributed by atoms with Gasteiger partial charge in [0.2, 0.25) is 5.88 Å². The van der Waals surface area contributed by atoms with Gasteiger partial charge in [-0.05, 0) is 53.9 Å². The molecule has 41 heavy (non-hydrogen) atoms. The summed E-state index contributed by atoms with van der Waals surface area (Å²) in [6, 6.07) is 12.6. The van der Waals surface area contributed by atoms with Crippen molar-refractivity contribution in [3.63, 3.8) is 0 Å². The lowest BCUT2D eigenvalue weighted by molar-refractivity contribution is -0.140. The quantitative estimate of drug-likeness (QED) is 0.271. The van der Waals surface area contributed by atoms with Crippen molar-refractivity contribution in [2.24, 2.45) is 5.41 Å². The highest BCUT2D eigenvalue weighted by Gasteiger charge is 2.43. The molecule has 0 spiro atoms. The predicted octanol–water partition coefficient (Wildman–Crippen LogP) is 5.59. The van der Waals surface area contributed by atoms with Gasteiger partial charge >= 0.3 is 5.97 Å². The molecule has 0 saturated carbocycles. The fraction of sp³-hybridized carbons (Fsp3) is 0.321. The van der Waals surface area contributed by atoms with Gasteiger partial charge in [0.15, 0.2) is 5.82 Å². The van der Waals surface area contributed by atoms with E-state index in [-0.39, 0.29) is 26.7 Å². The molecular formula is C28H28Cl2N4O6S. The summed E-state index contributed by atoms with van der Waals surface area (Å²) in [5.41, 5.74) is -0.0967. The van der Waals surface area contributed by atoms with E-state index in [1.807, 2.05) is 0 Å². The zero-order valence-electron chi connectivity index (χ0n) is 22.5. The fourth-order valence-corrected chi connectivity index (χ4v) is 7.30. The van der Waals surface area contributed by atoms with E-state index in [9.17, 15) is 18.3 Å². The summed E-state index contributed by atoms with van der Waals surface area (Å²) < 4.78 is 41.9. The molecule has 1 aliphatic heterocycles. The van der Waals surface area contributed by atoms with Crippen molar-refractivity contribution in [1.82, 2.24) is 14.8 Å². The van der Waals surface area contributed by atoms with Crippen LogP contribution >= 0.6 is 23.2 Å². The first-order chi connectivity index (χ1) is 19.3. The van der Waals surface area contributed by atoms with Crippen LogP contribution in [-0.4, -0.2) is 59.6 Å². The second-order valence-corrected chi connectivity index (χ2v) is 13.5. The Hall–Kier alpha value is -3.38. The molecule has 2 aromatic heterocycles. The number of anilines is 1. The number of halogens is 2. The van der Waals surface area contributed by atoms with Crippen LogP contribution in [0.5, 0.6) is 5.88 Å². The molecule has 13 heteroatoms. The summed E-state index contributed by atoms with van der Waals surface area (Å²) in [6.45, 7) is 6.17. The minimum Gasteiger partial charge on any atom is -0.480 e. The molecule has 10 nitrogen and oxygen atoms in total. The highest BCUT2D eigenvalue weighted by atomic mass is 35.5. The minimum atomic E-state index is -4.42. The Morgan fingerprint density at radius 1 is 1.10 bits per heavy atom. The zero-order valence-corrected chi connectivity index (χ0v) is 24.8. The molecule has 216 valence electrons. The maximum atomic E-state index is 14.1. The Balaban J connectivity index is 1.56. The van der Waals surface area contributed by atoms with Gasteiger partial charge in [-0.15, -0.1) is 10.2 Å². The Labute approximate surface area is 247 Å². The molecule has 1 unspecified atom stereocenters. The van der Waals surface area contributed by atoms with E-state index in [1.165, 1.54) is 18.2 Å². The zero-order chi connectivity index (χ0) is 29.5. The number of aliphatic carboxylic acids is 1. The number of carboxylic acids is 1. The molecule has 1 fully saturated rings. The molecule has 1 N–H and O–H groups in total. The molecule has 0 radical (unpaired) electrons. The third kappa shape index (κ3) is 5.99. The van der Waals surface area contributed by atoms with Gasteiger partial charge in [0.1, 0.15) is 12.1 Å². The first-order valence-corrected chi connectivity index (χ1v) is 15.0. The van der Waals surface area contributed by atoms with Crippen molar-refractivity contribution in [2.75, 3.05) is 17.5 Å². The number of carbonyl (C=O) groups is 1. The number of hydrogen-bond acceptors (Lipinski definition) is 7. The number of benzene rings is 2. The lowest BCUT2D eigenvalue weighted by Crippen LogP contribution is -2.52. The molecule has 1 aliphatic rings. The first kappa shape index (κ1) is 29.1. The largest absolute Gasteiger partial charge is 0.480 e. The van der Waals surface area contributed by atoms with Crippen LogP contribution < -0.4 is 9.04 Å². The summed E-state index contributed by atoms with van der Waals surface area (Å²) in [4.78, 5) is 12.3. The average Bonchev–Trinajstić information content (AvgIpc) is 3.55. The second-order valence-electron chi connectivity index (χ2n) is 10.8. The van der Waals surface area contributed by atoms with E-state index in [4.69, 9.17) is 32.7 Å². The van der Waals surface area contributed by atoms with E-state index in [1.54, 1.807) is 67.9 Å². The molecule has 2 atom stereocenters. The number of fused-ring (bicyclic) bond motifs is 1. The summed E-state index contributed by atoms with van der Waals surface area (Å²) in [5.74, 6) is -0.376. The van der Waals surface area contributed by atoms with Crippen LogP contribution in [0.2, 0.25) is 10.0 Å². The molecule has 3 heterocycles. The monoisotopic (exact) mass is 618 g/mol. The van der Waals surface area contributed by atoms with Crippen molar-refractivity contribution >= 4 is 55.8 Å². The molecule has 1 saturated heterocycles. The van der Waals surface area contributed by atoms with Gasteiger partial charge in [0.25, 0.3) is 10.0 Å². The van der Waals surface area contributed by atoms with Gasteiger partial charge in [-0.3, -0.25) is 8.87 Å². The van der Waals surface area contributed by atoms with Gasteiger partial charge < -0.3 is 14.6 Å². The van der Waals surface area contributed by atoms with Crippen molar-refractivity contribution in [3.05, 3.63) is 70.8 Å². The number of nitrogens with zero attached hydrogens (tertiary/aromatic N) is 4. The molecular weight excluding hydrogens is 591 g/mol. The molecule has 2 aromatic carbocycles. The Bertz CT molecular complexity index is 1680. The Morgan fingerprint density at radius 2 is 1.83 bits per heavy atom. The fourth-order valence-electron chi connectivity index (χ4n) is 4.79. The van der Waals surface area contributed by atoms with Crippen LogP contribution in [0, 0.1) is 5.41 Å². The summed E-state index contributed by atoms with van der Waals surface area (Å²) in [7, 11) is -4.42. The average molecular weight is 620 g/mol. The third-order valence-corrected chi connectivity index (χ3v) is 8.87. The van der Waals surface area contributed by atoms with Gasteiger partial charge in [0, 0.05) is 34.1 Å². The van der Waals surface area contributed by atoms with E-state index >= 15 is 0 Å². The number of hydrogen-bond donors (Lipinski definition) is 1. The van der Waals surface area contributed by atoms with E-state index < -0.39 is 27.4 Å². The van der Waals surface area contributed by atoms with Gasteiger partial charge in [0.05, 0.1) is 29.3 Å². The summed E-state index contributed by atoms with van der Waals surface area (Å²) in [6.07, 6.45) is 2.52. The SMILES string of the molecule is CC(C)(C)C(C(=O)O)N(c1ccc2c(ccn2-c2ccc(O[C@@H]3CCOC3)nn2)c1)S(=O)(=O)c1cc(Cl)cc(Cl)c1. The lowest BCUT2D eigenvalue weighted by Gasteiger charge is -2.37. The van der Waals surface area contributed by atoms with Crippen molar-refractivity contribution < 1.29 is 27.8 Å². The number of sulfonamides is 1. The first-order valence-electron chi connectivity index (χ1n) is 12.8. The van der Waals surface area contributed by atoms with Crippen LogP contribution in [-0.2, 0) is 19.6 Å². The van der Waals surface area contributed by atoms with Crippen LogP contribution in [0.1, 0.15) is 27.2 Å². The number of ether oxygens (including phenoxy) is 2. The Morgan fingerprint density at radius 3 is 2.41 bits per heavy atom. The van der Waals surface area contributed by atoms with Crippen molar-refractivity contribution in [2.45, 2.75) is 44.2 Å². The predicted molar refractivity (Wildman–Crippen MR) is 156 cm³/mol. The van der Waals surface area contributed by atoms with Gasteiger partial charge in [-0.2, -0.15) is 0 Å². The van der Waals surface area contributed by atoms with E-state index in [2.05, 4.69) is 10.2 Å². The van der Waals surface area contributed by atoms with Crippen LogP contribution in [0.25, 0.3) is 16.7 Å². The van der Waals surface area contributed by atoms with Crippen molar-refractivity contribution in [3.8, 4) is 11.7 Å². The number of aromatic nitrogens is 3. The van der Waals surface area contributed by atoms with Crippen molar-refractivity contribution in [1.29, 1.82) is 0 Å². The van der Waals surface area contributed by atoms with Crippen LogP contribution in [0.3, 0.4) is 0 Å². The highest BCUT2D eigenvalue weighted by Crippen LogP contribution is 2.37. The maximum Gasteiger partial charge on any atom is 0.328 e. The maximum absolute atomic E-state index is 14.1. The Kier molecular flexibility index (Phi) is 7.90. The summed E-state index contributed by atoms with van der Waals surface area (Å²) in [5, 5.41) is 19.6. The lowest BCUT2D eigenvalue weighted by atomic mass is 9.86. The number of carboxylic acid groups (broad SMARTS) is 1.